The van der Waals surface area contributed by atoms with Crippen molar-refractivity contribution in [1.82, 2.24) is 14.7 Å². The van der Waals surface area contributed by atoms with Crippen molar-refractivity contribution in [2.24, 2.45) is 11.5 Å². The van der Waals surface area contributed by atoms with E-state index in [2.05, 4.69) is 0 Å². The monoisotopic (exact) mass is 535 g/mol. The van der Waals surface area contributed by atoms with Crippen LogP contribution in [-0.4, -0.2) is 87.7 Å². The molecule has 0 saturated carbocycles. The number of nitrogens with two attached hydrogens (primary N) is 2. The fourth-order valence-electron chi connectivity index (χ4n) is 5.61. The van der Waals surface area contributed by atoms with E-state index in [0.717, 1.165) is 11.1 Å². The fourth-order valence-corrected chi connectivity index (χ4v) is 5.61. The largest absolute Gasteiger partial charge is 0.508 e. The Kier molecular flexibility index (Phi) is 8.86. The molecule has 5 N–H and O–H groups in total. The van der Waals surface area contributed by atoms with E-state index in [0.29, 0.717) is 38.8 Å². The van der Waals surface area contributed by atoms with E-state index >= 15 is 0 Å². The van der Waals surface area contributed by atoms with Gasteiger partial charge in [-0.05, 0) is 55.4 Å². The van der Waals surface area contributed by atoms with Gasteiger partial charge in [0.15, 0.2) is 0 Å². The number of amides is 4. The van der Waals surface area contributed by atoms with Crippen LogP contribution >= 0.6 is 0 Å². The highest BCUT2D eigenvalue weighted by molar-refractivity contribution is 5.95. The summed E-state index contributed by atoms with van der Waals surface area (Å²) in [4.78, 5) is 57.4. The maximum absolute atomic E-state index is 13.8. The van der Waals surface area contributed by atoms with Crippen LogP contribution in [0.15, 0.2) is 54.6 Å². The van der Waals surface area contributed by atoms with E-state index in [1.807, 2.05) is 30.3 Å². The first-order valence-electron chi connectivity index (χ1n) is 13.4. The maximum atomic E-state index is 13.8. The van der Waals surface area contributed by atoms with Crippen LogP contribution in [0.2, 0.25) is 0 Å². The number of carbonyl (C=O) groups is 4. The van der Waals surface area contributed by atoms with Gasteiger partial charge in [-0.1, -0.05) is 42.5 Å². The molecular weight excluding hydrogens is 498 g/mol. The lowest BCUT2D eigenvalue weighted by Crippen LogP contribution is -2.58. The number of aromatic hydroxyl groups is 1. The first-order chi connectivity index (χ1) is 18.7. The summed E-state index contributed by atoms with van der Waals surface area (Å²) in [6.07, 6.45) is 2.82. The highest BCUT2D eigenvalue weighted by Gasteiger charge is 2.43. The number of hydrogen-bond donors (Lipinski definition) is 3. The Labute approximate surface area is 228 Å². The van der Waals surface area contributed by atoms with E-state index in [1.54, 1.807) is 19.2 Å². The molecule has 39 heavy (non-hydrogen) atoms. The summed E-state index contributed by atoms with van der Waals surface area (Å²) in [6, 6.07) is 12.8. The molecular formula is C29H37N5O5. The zero-order valence-electron chi connectivity index (χ0n) is 22.2. The van der Waals surface area contributed by atoms with Gasteiger partial charge in [0.05, 0.1) is 6.04 Å². The van der Waals surface area contributed by atoms with Crippen LogP contribution in [-0.2, 0) is 32.0 Å². The zero-order valence-corrected chi connectivity index (χ0v) is 22.2. The Bertz CT molecular complexity index is 1190. The predicted octanol–water partition coefficient (Wildman–Crippen LogP) is 0.799. The Balaban J connectivity index is 1.52. The number of carbonyl (C=O) groups excluding carboxylic acids is 4. The van der Waals surface area contributed by atoms with Crippen LogP contribution < -0.4 is 11.5 Å². The highest BCUT2D eigenvalue weighted by atomic mass is 16.3. The lowest BCUT2D eigenvalue weighted by atomic mass is 10.0. The maximum Gasteiger partial charge on any atom is 0.246 e. The number of nitrogens with zero attached hydrogens (tertiary/aromatic N) is 3. The smallest absolute Gasteiger partial charge is 0.246 e. The van der Waals surface area contributed by atoms with Gasteiger partial charge < -0.3 is 31.3 Å². The average molecular weight is 536 g/mol. The summed E-state index contributed by atoms with van der Waals surface area (Å²) < 4.78 is 0. The molecule has 2 aliphatic rings. The minimum atomic E-state index is -0.858. The molecule has 4 amide bonds. The SMILES string of the molecule is CN(C(=O)C1CCCN1C(=O)C(N)Cc1ccc(O)cc1)[C@@H](Cc1ccccc1)C(=O)N1CCCC1C(N)=O. The molecule has 3 unspecified atom stereocenters. The lowest BCUT2D eigenvalue weighted by Gasteiger charge is -2.36. The average Bonchev–Trinajstić information content (AvgIpc) is 3.62. The molecule has 2 aromatic carbocycles. The van der Waals surface area contributed by atoms with Crippen LogP contribution in [0.5, 0.6) is 5.75 Å². The number of rotatable bonds is 9. The molecule has 2 fully saturated rings. The van der Waals surface area contributed by atoms with E-state index in [-0.39, 0.29) is 36.3 Å². The molecule has 0 aromatic heterocycles. The Morgan fingerprint density at radius 1 is 0.872 bits per heavy atom. The van der Waals surface area contributed by atoms with Crippen molar-refractivity contribution in [2.45, 2.75) is 62.7 Å². The van der Waals surface area contributed by atoms with Gasteiger partial charge >= 0.3 is 0 Å². The normalized spacial score (nSPS) is 20.5. The topological polar surface area (TPSA) is 150 Å². The zero-order chi connectivity index (χ0) is 28.1. The van der Waals surface area contributed by atoms with E-state index in [1.165, 1.54) is 26.8 Å². The number of hydrogen-bond acceptors (Lipinski definition) is 6. The minimum Gasteiger partial charge on any atom is -0.508 e. The number of benzene rings is 2. The quantitative estimate of drug-likeness (QED) is 0.432. The molecule has 0 spiro atoms. The van der Waals surface area contributed by atoms with Gasteiger partial charge in [0.1, 0.15) is 23.9 Å². The van der Waals surface area contributed by atoms with Crippen molar-refractivity contribution in [1.29, 1.82) is 0 Å². The molecule has 2 saturated heterocycles. The third kappa shape index (κ3) is 6.39. The molecule has 4 rings (SSSR count). The van der Waals surface area contributed by atoms with E-state index in [9.17, 15) is 24.3 Å². The Morgan fingerprint density at radius 2 is 1.44 bits per heavy atom. The molecule has 2 aromatic rings. The molecule has 0 bridgehead atoms. The fraction of sp³-hybridized carbons (Fsp3) is 0.448. The Morgan fingerprint density at radius 3 is 2.05 bits per heavy atom. The van der Waals surface area contributed by atoms with Crippen molar-refractivity contribution in [3.63, 3.8) is 0 Å². The molecule has 208 valence electrons. The van der Waals surface area contributed by atoms with Gasteiger partial charge in [-0.25, -0.2) is 0 Å². The lowest BCUT2D eigenvalue weighted by molar-refractivity contribution is -0.151. The van der Waals surface area contributed by atoms with Crippen LogP contribution in [0.3, 0.4) is 0 Å². The second-order valence-electron chi connectivity index (χ2n) is 10.4. The van der Waals surface area contributed by atoms with Crippen molar-refractivity contribution in [2.75, 3.05) is 20.1 Å². The van der Waals surface area contributed by atoms with Gasteiger partial charge in [-0.15, -0.1) is 0 Å². The molecule has 10 heteroatoms. The van der Waals surface area contributed by atoms with Gasteiger partial charge in [0.2, 0.25) is 23.6 Å². The summed E-state index contributed by atoms with van der Waals surface area (Å²) in [6.45, 7) is 0.805. The molecule has 2 heterocycles. The first kappa shape index (κ1) is 28.1. The van der Waals surface area contributed by atoms with Crippen molar-refractivity contribution < 1.29 is 24.3 Å². The van der Waals surface area contributed by atoms with Crippen molar-refractivity contribution in [3.8, 4) is 5.75 Å². The van der Waals surface area contributed by atoms with E-state index < -0.39 is 30.1 Å². The molecule has 0 aliphatic carbocycles. The number of likely N-dealkylation sites (tertiary alicyclic amines) is 2. The summed E-state index contributed by atoms with van der Waals surface area (Å²) in [5.74, 6) is -1.41. The molecule has 4 atom stereocenters. The van der Waals surface area contributed by atoms with Crippen LogP contribution in [0, 0.1) is 0 Å². The standard InChI is InChI=1S/C29H37N5O5/c1-32(25(18-19-7-3-2-4-8-19)29(39)33-15-5-9-23(33)26(31)36)28(38)24-10-6-16-34(24)27(37)22(30)17-20-11-13-21(35)14-12-20/h2-4,7-8,11-14,22-25,35H,5-6,9-10,15-18,30H2,1H3,(H2,31,36)/t22?,23?,24?,25-/m0/s1. The Hall–Kier alpha value is -3.92. The number of primary amides is 1. The van der Waals surface area contributed by atoms with Crippen LogP contribution in [0.1, 0.15) is 36.8 Å². The third-order valence-electron chi connectivity index (χ3n) is 7.77. The number of phenolic OH excluding ortho intramolecular Hbond substituents is 1. The summed E-state index contributed by atoms with van der Waals surface area (Å²) in [5, 5.41) is 9.51. The second-order valence-corrected chi connectivity index (χ2v) is 10.4. The summed E-state index contributed by atoms with van der Waals surface area (Å²) in [5.41, 5.74) is 13.5. The predicted molar refractivity (Wildman–Crippen MR) is 145 cm³/mol. The molecule has 2 aliphatic heterocycles. The summed E-state index contributed by atoms with van der Waals surface area (Å²) in [7, 11) is 1.58. The highest BCUT2D eigenvalue weighted by Crippen LogP contribution is 2.25. The van der Waals surface area contributed by atoms with E-state index in [4.69, 9.17) is 11.5 Å². The van der Waals surface area contributed by atoms with Crippen molar-refractivity contribution in [3.05, 3.63) is 65.7 Å². The second kappa shape index (κ2) is 12.3. The first-order valence-corrected chi connectivity index (χ1v) is 13.4. The van der Waals surface area contributed by atoms with Gasteiger partial charge in [0.25, 0.3) is 0 Å². The third-order valence-corrected chi connectivity index (χ3v) is 7.77. The number of likely N-dealkylation sites (N-methyl/N-ethyl adjacent to an activating group) is 1. The molecule has 10 nitrogen and oxygen atoms in total. The minimum absolute atomic E-state index is 0.127. The number of phenols is 1. The van der Waals surface area contributed by atoms with Crippen LogP contribution in [0.25, 0.3) is 0 Å². The van der Waals surface area contributed by atoms with Gasteiger partial charge in [0, 0.05) is 26.6 Å². The van der Waals surface area contributed by atoms with Crippen LogP contribution in [0.4, 0.5) is 0 Å². The molecule has 0 radical (unpaired) electrons. The van der Waals surface area contributed by atoms with Crippen molar-refractivity contribution >= 4 is 23.6 Å². The van der Waals surface area contributed by atoms with Gasteiger partial charge in [-0.3, -0.25) is 19.2 Å². The van der Waals surface area contributed by atoms with Gasteiger partial charge in [-0.2, -0.15) is 0 Å². The summed E-state index contributed by atoms with van der Waals surface area (Å²) >= 11 is 0.